The van der Waals surface area contributed by atoms with Gasteiger partial charge in [0.05, 0.1) is 5.75 Å². The molecule has 7 heteroatoms. The standard InChI is InChI=1S/C15H22N4O2S/c1-3-13(20)16-12-4-5-14(18-17-12)22-10-15(21)19-8-6-11(2)7-9-19/h4-5,11H,3,6-10H2,1-2H3,(H,16,17,20). The number of hydrogen-bond acceptors (Lipinski definition) is 5. The van der Waals surface area contributed by atoms with Gasteiger partial charge in [0.15, 0.2) is 5.82 Å². The van der Waals surface area contributed by atoms with Crippen molar-refractivity contribution in [3.8, 4) is 0 Å². The van der Waals surface area contributed by atoms with Crippen molar-refractivity contribution in [1.29, 1.82) is 0 Å². The van der Waals surface area contributed by atoms with Crippen LogP contribution in [0, 0.1) is 5.92 Å². The normalized spacial score (nSPS) is 15.6. The summed E-state index contributed by atoms with van der Waals surface area (Å²) in [7, 11) is 0. The fraction of sp³-hybridized carbons (Fsp3) is 0.600. The van der Waals surface area contributed by atoms with Gasteiger partial charge in [0, 0.05) is 19.5 Å². The van der Waals surface area contributed by atoms with E-state index in [-0.39, 0.29) is 11.8 Å². The molecule has 0 saturated carbocycles. The molecule has 1 aromatic heterocycles. The quantitative estimate of drug-likeness (QED) is 0.841. The molecule has 1 fully saturated rings. The molecule has 2 amide bonds. The number of hydrogen-bond donors (Lipinski definition) is 1. The van der Waals surface area contributed by atoms with Crippen molar-refractivity contribution in [2.24, 2.45) is 5.92 Å². The van der Waals surface area contributed by atoms with E-state index in [1.165, 1.54) is 11.8 Å². The Morgan fingerprint density at radius 3 is 2.64 bits per heavy atom. The molecule has 0 aliphatic carbocycles. The van der Waals surface area contributed by atoms with Crippen LogP contribution in [0.4, 0.5) is 5.82 Å². The van der Waals surface area contributed by atoms with Crippen LogP contribution in [0.1, 0.15) is 33.1 Å². The Hall–Kier alpha value is -1.63. The van der Waals surface area contributed by atoms with Gasteiger partial charge in [-0.05, 0) is 30.9 Å². The zero-order chi connectivity index (χ0) is 15.9. The number of carbonyl (C=O) groups is 2. The summed E-state index contributed by atoms with van der Waals surface area (Å²) in [6.45, 7) is 5.72. The molecular weight excluding hydrogens is 300 g/mol. The highest BCUT2D eigenvalue weighted by molar-refractivity contribution is 7.99. The van der Waals surface area contributed by atoms with Crippen molar-refractivity contribution in [3.05, 3.63) is 12.1 Å². The molecule has 0 aromatic carbocycles. The van der Waals surface area contributed by atoms with E-state index in [4.69, 9.17) is 0 Å². The smallest absolute Gasteiger partial charge is 0.232 e. The average molecular weight is 322 g/mol. The number of piperidine rings is 1. The zero-order valence-corrected chi connectivity index (χ0v) is 13.9. The van der Waals surface area contributed by atoms with Crippen molar-refractivity contribution < 1.29 is 9.59 Å². The highest BCUT2D eigenvalue weighted by Gasteiger charge is 2.20. The molecule has 1 aliphatic rings. The van der Waals surface area contributed by atoms with Crippen molar-refractivity contribution in [3.63, 3.8) is 0 Å². The van der Waals surface area contributed by atoms with Crippen molar-refractivity contribution >= 4 is 29.4 Å². The first kappa shape index (κ1) is 16.7. The molecule has 1 aromatic rings. The van der Waals surface area contributed by atoms with Crippen LogP contribution in [0.3, 0.4) is 0 Å². The van der Waals surface area contributed by atoms with Gasteiger partial charge < -0.3 is 10.2 Å². The highest BCUT2D eigenvalue weighted by atomic mass is 32.2. The van der Waals surface area contributed by atoms with Gasteiger partial charge >= 0.3 is 0 Å². The number of likely N-dealkylation sites (tertiary alicyclic amines) is 1. The lowest BCUT2D eigenvalue weighted by Crippen LogP contribution is -2.38. The zero-order valence-electron chi connectivity index (χ0n) is 13.0. The summed E-state index contributed by atoms with van der Waals surface area (Å²) < 4.78 is 0. The van der Waals surface area contributed by atoms with E-state index in [1.807, 2.05) is 4.90 Å². The summed E-state index contributed by atoms with van der Waals surface area (Å²) >= 11 is 1.38. The number of nitrogens with one attached hydrogen (secondary N) is 1. The predicted molar refractivity (Wildman–Crippen MR) is 86.7 cm³/mol. The second kappa shape index (κ2) is 8.12. The predicted octanol–water partition coefficient (Wildman–Crippen LogP) is 2.18. The Morgan fingerprint density at radius 2 is 2.05 bits per heavy atom. The maximum Gasteiger partial charge on any atom is 0.232 e. The Labute approximate surface area is 135 Å². The van der Waals surface area contributed by atoms with Crippen molar-refractivity contribution in [2.45, 2.75) is 38.1 Å². The third-order valence-electron chi connectivity index (χ3n) is 3.71. The molecule has 22 heavy (non-hydrogen) atoms. The van der Waals surface area contributed by atoms with Crippen LogP contribution in [0.2, 0.25) is 0 Å². The molecule has 6 nitrogen and oxygen atoms in total. The minimum Gasteiger partial charge on any atom is -0.342 e. The summed E-state index contributed by atoms with van der Waals surface area (Å²) in [4.78, 5) is 25.3. The molecule has 0 atom stereocenters. The Kier molecular flexibility index (Phi) is 6.18. The molecule has 1 aliphatic heterocycles. The number of rotatable bonds is 5. The molecule has 120 valence electrons. The number of amides is 2. The van der Waals surface area contributed by atoms with Gasteiger partial charge in [-0.15, -0.1) is 10.2 Å². The third kappa shape index (κ3) is 4.98. The van der Waals surface area contributed by atoms with Crippen LogP contribution in [0.15, 0.2) is 17.2 Å². The minimum absolute atomic E-state index is 0.0933. The third-order valence-corrected chi connectivity index (χ3v) is 4.61. The van der Waals surface area contributed by atoms with Crippen LogP contribution < -0.4 is 5.32 Å². The first-order valence-electron chi connectivity index (χ1n) is 7.62. The average Bonchev–Trinajstić information content (AvgIpc) is 2.54. The fourth-order valence-corrected chi connectivity index (χ4v) is 2.90. The molecule has 1 N–H and O–H groups in total. The van der Waals surface area contributed by atoms with Crippen molar-refractivity contribution in [2.75, 3.05) is 24.2 Å². The number of thioether (sulfide) groups is 1. The van der Waals surface area contributed by atoms with Crippen molar-refractivity contribution in [1.82, 2.24) is 15.1 Å². The number of nitrogens with zero attached hydrogens (tertiary/aromatic N) is 3. The molecule has 0 radical (unpaired) electrons. The van der Waals surface area contributed by atoms with Crippen LogP contribution in [-0.2, 0) is 9.59 Å². The van der Waals surface area contributed by atoms with Crippen LogP contribution in [0.25, 0.3) is 0 Å². The van der Waals surface area contributed by atoms with E-state index in [0.29, 0.717) is 28.9 Å². The van der Waals surface area contributed by atoms with Gasteiger partial charge in [-0.1, -0.05) is 25.6 Å². The van der Waals surface area contributed by atoms with E-state index < -0.39 is 0 Å². The minimum atomic E-state index is -0.0933. The topological polar surface area (TPSA) is 75.2 Å². The summed E-state index contributed by atoms with van der Waals surface area (Å²) in [5, 5.41) is 11.3. The largest absolute Gasteiger partial charge is 0.342 e. The summed E-state index contributed by atoms with van der Waals surface area (Å²) in [6.07, 6.45) is 2.57. The van der Waals surface area contributed by atoms with Gasteiger partial charge in [-0.3, -0.25) is 9.59 Å². The Morgan fingerprint density at radius 1 is 1.32 bits per heavy atom. The first-order valence-corrected chi connectivity index (χ1v) is 8.61. The van der Waals surface area contributed by atoms with Gasteiger partial charge in [-0.2, -0.15) is 0 Å². The summed E-state index contributed by atoms with van der Waals surface area (Å²) in [6, 6.07) is 3.48. The molecule has 0 unspecified atom stereocenters. The summed E-state index contributed by atoms with van der Waals surface area (Å²) in [5.41, 5.74) is 0. The molecular formula is C15H22N4O2S. The van der Waals surface area contributed by atoms with Crippen LogP contribution in [-0.4, -0.2) is 45.8 Å². The monoisotopic (exact) mass is 322 g/mol. The van der Waals surface area contributed by atoms with Gasteiger partial charge in [0.25, 0.3) is 0 Å². The van der Waals surface area contributed by atoms with Gasteiger partial charge in [0.2, 0.25) is 11.8 Å². The lowest BCUT2D eigenvalue weighted by molar-refractivity contribution is -0.129. The number of anilines is 1. The van der Waals surface area contributed by atoms with Crippen LogP contribution >= 0.6 is 11.8 Å². The molecule has 1 saturated heterocycles. The lowest BCUT2D eigenvalue weighted by atomic mass is 9.99. The maximum absolute atomic E-state index is 12.1. The molecule has 2 rings (SSSR count). The highest BCUT2D eigenvalue weighted by Crippen LogP contribution is 2.19. The number of aromatic nitrogens is 2. The van der Waals surface area contributed by atoms with E-state index in [2.05, 4.69) is 22.4 Å². The van der Waals surface area contributed by atoms with E-state index >= 15 is 0 Å². The Bertz CT molecular complexity index is 513. The fourth-order valence-electron chi connectivity index (χ4n) is 2.18. The van der Waals surface area contributed by atoms with E-state index in [1.54, 1.807) is 19.1 Å². The maximum atomic E-state index is 12.1. The van der Waals surface area contributed by atoms with E-state index in [9.17, 15) is 9.59 Å². The van der Waals surface area contributed by atoms with Gasteiger partial charge in [-0.25, -0.2) is 0 Å². The van der Waals surface area contributed by atoms with Gasteiger partial charge in [0.1, 0.15) is 5.03 Å². The molecule has 0 bridgehead atoms. The lowest BCUT2D eigenvalue weighted by Gasteiger charge is -2.30. The second-order valence-corrected chi connectivity index (χ2v) is 6.51. The first-order chi connectivity index (χ1) is 10.6. The van der Waals surface area contributed by atoms with Crippen LogP contribution in [0.5, 0.6) is 0 Å². The number of carbonyl (C=O) groups excluding carboxylic acids is 2. The molecule has 2 heterocycles. The van der Waals surface area contributed by atoms with E-state index in [0.717, 1.165) is 25.9 Å². The summed E-state index contributed by atoms with van der Waals surface area (Å²) in [5.74, 6) is 1.59. The Balaban J connectivity index is 1.79. The SMILES string of the molecule is CCC(=O)Nc1ccc(SCC(=O)N2CCC(C)CC2)nn1. The molecule has 0 spiro atoms. The second-order valence-electron chi connectivity index (χ2n) is 5.51.